The lowest BCUT2D eigenvalue weighted by atomic mass is 10.1. The van der Waals surface area contributed by atoms with E-state index >= 15 is 0 Å². The summed E-state index contributed by atoms with van der Waals surface area (Å²) in [7, 11) is -4.20. The van der Waals surface area contributed by atoms with Crippen LogP contribution in [0, 0.1) is 6.92 Å². The van der Waals surface area contributed by atoms with E-state index in [-0.39, 0.29) is 29.5 Å². The molecule has 170 valence electrons. The number of piperazine rings is 1. The lowest BCUT2D eigenvalue weighted by Crippen LogP contribution is -2.57. The molecule has 0 aliphatic carbocycles. The Labute approximate surface area is 188 Å². The zero-order chi connectivity index (χ0) is 23.3. The van der Waals surface area contributed by atoms with Crippen molar-refractivity contribution < 1.29 is 22.8 Å². The van der Waals surface area contributed by atoms with Crippen molar-refractivity contribution in [1.82, 2.24) is 15.1 Å². The summed E-state index contributed by atoms with van der Waals surface area (Å²) in [6.07, 6.45) is 0.367. The number of carbonyl (C=O) groups excluding carboxylic acids is 3. The molecule has 3 amide bonds. The summed E-state index contributed by atoms with van der Waals surface area (Å²) in [6.45, 7) is 4.63. The summed E-state index contributed by atoms with van der Waals surface area (Å²) in [5.41, 5.74) is 1.10. The lowest BCUT2D eigenvalue weighted by molar-refractivity contribution is -0.139. The Bertz CT molecular complexity index is 1090. The molecule has 0 saturated carbocycles. The summed E-state index contributed by atoms with van der Waals surface area (Å²) in [6, 6.07) is 14.3. The molecule has 32 heavy (non-hydrogen) atoms. The molecule has 2 aromatic carbocycles. The van der Waals surface area contributed by atoms with Gasteiger partial charge >= 0.3 is 0 Å². The molecule has 3 rings (SSSR count). The molecular weight excluding hydrogens is 430 g/mol. The number of sulfone groups is 1. The predicted molar refractivity (Wildman–Crippen MR) is 120 cm³/mol. The number of hydrogen-bond acceptors (Lipinski definition) is 5. The first-order valence-corrected chi connectivity index (χ1v) is 12.0. The molecule has 1 saturated heterocycles. The normalized spacial score (nSPS) is 15.2. The van der Waals surface area contributed by atoms with Crippen LogP contribution in [0.25, 0.3) is 0 Å². The van der Waals surface area contributed by atoms with E-state index in [0.717, 1.165) is 5.56 Å². The van der Waals surface area contributed by atoms with Gasteiger partial charge in [0.2, 0.25) is 21.1 Å². The summed E-state index contributed by atoms with van der Waals surface area (Å²) in [5, 5.41) is 0.671. The Balaban J connectivity index is 1.88. The molecular formula is C23H27N3O5S. The second kappa shape index (κ2) is 9.95. The largest absolute Gasteiger partial charge is 0.339 e. The van der Waals surface area contributed by atoms with Gasteiger partial charge in [-0.25, -0.2) is 8.42 Å². The van der Waals surface area contributed by atoms with E-state index in [1.165, 1.54) is 17.0 Å². The van der Waals surface area contributed by atoms with Gasteiger partial charge in [-0.3, -0.25) is 14.4 Å². The van der Waals surface area contributed by atoms with Crippen LogP contribution < -0.4 is 5.32 Å². The smallest absolute Gasteiger partial charge is 0.261 e. The van der Waals surface area contributed by atoms with Gasteiger partial charge in [0.25, 0.3) is 11.8 Å². The Kier molecular flexibility index (Phi) is 7.29. The fraction of sp³-hybridized carbons (Fsp3) is 0.348. The van der Waals surface area contributed by atoms with Crippen molar-refractivity contribution in [2.24, 2.45) is 0 Å². The van der Waals surface area contributed by atoms with Crippen LogP contribution in [-0.2, 0) is 19.4 Å². The Hall–Kier alpha value is -3.20. The molecule has 8 nitrogen and oxygen atoms in total. The number of hydrogen-bond donors (Lipinski definition) is 1. The first kappa shape index (κ1) is 23.5. The fourth-order valence-electron chi connectivity index (χ4n) is 3.57. The van der Waals surface area contributed by atoms with Crippen LogP contribution in [0.3, 0.4) is 0 Å². The van der Waals surface area contributed by atoms with Gasteiger partial charge in [0.05, 0.1) is 4.90 Å². The minimum Gasteiger partial charge on any atom is -0.339 e. The number of nitrogens with one attached hydrogen (secondary N) is 1. The zero-order valence-electron chi connectivity index (χ0n) is 18.2. The monoisotopic (exact) mass is 457 g/mol. The van der Waals surface area contributed by atoms with E-state index < -0.39 is 27.0 Å². The van der Waals surface area contributed by atoms with Crippen molar-refractivity contribution in [2.75, 3.05) is 26.2 Å². The molecule has 1 heterocycles. The maximum absolute atomic E-state index is 13.3. The fourth-order valence-corrected chi connectivity index (χ4v) is 5.06. The van der Waals surface area contributed by atoms with Crippen LogP contribution in [-0.4, -0.2) is 67.5 Å². The van der Waals surface area contributed by atoms with E-state index in [0.29, 0.717) is 19.5 Å². The number of rotatable bonds is 6. The Morgan fingerprint density at radius 3 is 2.16 bits per heavy atom. The molecule has 2 aromatic rings. The van der Waals surface area contributed by atoms with Gasteiger partial charge in [-0.2, -0.15) is 0 Å². The van der Waals surface area contributed by atoms with Crippen molar-refractivity contribution in [1.29, 1.82) is 0 Å². The standard InChI is InChI=1S/C23H27N3O5S/c1-3-20(27)25-12-14-26(15-13-25)23(29)22(32(30,31)19-10-5-4-6-11-19)24-21(28)18-9-7-8-17(2)16-18/h4-11,16,22H,3,12-15H2,1-2H3,(H,24,28)/t22-/m1/s1. The average Bonchev–Trinajstić information content (AvgIpc) is 2.82. The van der Waals surface area contributed by atoms with Crippen LogP contribution in [0.2, 0.25) is 0 Å². The third kappa shape index (κ3) is 5.16. The van der Waals surface area contributed by atoms with Crippen LogP contribution >= 0.6 is 0 Å². The van der Waals surface area contributed by atoms with Gasteiger partial charge in [-0.05, 0) is 31.2 Å². The Morgan fingerprint density at radius 2 is 1.56 bits per heavy atom. The maximum Gasteiger partial charge on any atom is 0.261 e. The molecule has 0 radical (unpaired) electrons. The van der Waals surface area contributed by atoms with Gasteiger partial charge in [0, 0.05) is 38.2 Å². The van der Waals surface area contributed by atoms with E-state index in [2.05, 4.69) is 5.32 Å². The van der Waals surface area contributed by atoms with Gasteiger partial charge < -0.3 is 15.1 Å². The molecule has 0 bridgehead atoms. The molecule has 1 atom stereocenters. The molecule has 9 heteroatoms. The number of benzene rings is 2. The molecule has 1 N–H and O–H groups in total. The third-order valence-electron chi connectivity index (χ3n) is 5.40. The second-order valence-electron chi connectivity index (χ2n) is 7.64. The number of aryl methyl sites for hydroxylation is 1. The highest BCUT2D eigenvalue weighted by Crippen LogP contribution is 2.18. The van der Waals surface area contributed by atoms with Crippen molar-refractivity contribution in [2.45, 2.75) is 30.5 Å². The van der Waals surface area contributed by atoms with Crippen LogP contribution in [0.4, 0.5) is 0 Å². The summed E-state index contributed by atoms with van der Waals surface area (Å²) in [4.78, 5) is 41.1. The van der Waals surface area contributed by atoms with Gasteiger partial charge in [0.1, 0.15) is 0 Å². The minimum atomic E-state index is -4.20. The first-order chi connectivity index (χ1) is 15.2. The van der Waals surface area contributed by atoms with Crippen molar-refractivity contribution in [3.05, 3.63) is 65.7 Å². The van der Waals surface area contributed by atoms with Gasteiger partial charge in [-0.1, -0.05) is 42.8 Å². The van der Waals surface area contributed by atoms with Gasteiger partial charge in [0.15, 0.2) is 0 Å². The van der Waals surface area contributed by atoms with Crippen molar-refractivity contribution >= 4 is 27.6 Å². The van der Waals surface area contributed by atoms with E-state index in [9.17, 15) is 22.8 Å². The van der Waals surface area contributed by atoms with Crippen molar-refractivity contribution in [3.63, 3.8) is 0 Å². The van der Waals surface area contributed by atoms with Crippen LogP contribution in [0.15, 0.2) is 59.5 Å². The lowest BCUT2D eigenvalue weighted by Gasteiger charge is -2.36. The van der Waals surface area contributed by atoms with E-state index in [1.807, 2.05) is 13.0 Å². The molecule has 0 spiro atoms. The third-order valence-corrected chi connectivity index (χ3v) is 7.26. The number of carbonyl (C=O) groups is 3. The zero-order valence-corrected chi connectivity index (χ0v) is 19.0. The predicted octanol–water partition coefficient (Wildman–Crippen LogP) is 1.61. The molecule has 0 unspecified atom stereocenters. The number of amides is 3. The summed E-state index contributed by atoms with van der Waals surface area (Å²) >= 11 is 0. The quantitative estimate of drug-likeness (QED) is 0.710. The SMILES string of the molecule is CCC(=O)N1CCN(C(=O)[C@H](NC(=O)c2cccc(C)c2)S(=O)(=O)c2ccccc2)CC1. The summed E-state index contributed by atoms with van der Waals surface area (Å²) < 4.78 is 26.7. The highest BCUT2D eigenvalue weighted by atomic mass is 32.2. The van der Waals surface area contributed by atoms with Crippen LogP contribution in [0.5, 0.6) is 0 Å². The molecule has 1 fully saturated rings. The van der Waals surface area contributed by atoms with Crippen LogP contribution in [0.1, 0.15) is 29.3 Å². The average molecular weight is 458 g/mol. The summed E-state index contributed by atoms with van der Waals surface area (Å²) in [5.74, 6) is -1.37. The van der Waals surface area contributed by atoms with E-state index in [4.69, 9.17) is 0 Å². The molecule has 1 aliphatic heterocycles. The van der Waals surface area contributed by atoms with Gasteiger partial charge in [-0.15, -0.1) is 0 Å². The first-order valence-electron chi connectivity index (χ1n) is 10.5. The maximum atomic E-state index is 13.3. The second-order valence-corrected chi connectivity index (χ2v) is 9.67. The van der Waals surface area contributed by atoms with Crippen molar-refractivity contribution in [3.8, 4) is 0 Å². The Morgan fingerprint density at radius 1 is 0.938 bits per heavy atom. The molecule has 1 aliphatic rings. The highest BCUT2D eigenvalue weighted by Gasteiger charge is 2.39. The topological polar surface area (TPSA) is 104 Å². The van der Waals surface area contributed by atoms with E-state index in [1.54, 1.807) is 48.2 Å². The minimum absolute atomic E-state index is 0.0155. The number of nitrogens with zero attached hydrogens (tertiary/aromatic N) is 2. The highest BCUT2D eigenvalue weighted by molar-refractivity contribution is 7.92. The molecule has 0 aromatic heterocycles.